The smallest absolute Gasteiger partial charge is 0.120 e. The molecule has 0 aromatic rings. The van der Waals surface area contributed by atoms with Crippen molar-refractivity contribution in [3.63, 3.8) is 0 Å². The molecule has 0 saturated heterocycles. The van der Waals surface area contributed by atoms with Crippen LogP contribution < -0.4 is 0 Å². The van der Waals surface area contributed by atoms with Crippen LogP contribution in [0.3, 0.4) is 0 Å². The van der Waals surface area contributed by atoms with Gasteiger partial charge in [0.2, 0.25) is 0 Å². The lowest BCUT2D eigenvalue weighted by molar-refractivity contribution is -0.108. The molecule has 0 aliphatic carbocycles. The number of aldehydes is 1. The van der Waals surface area contributed by atoms with Gasteiger partial charge in [0.1, 0.15) is 6.29 Å². The molecule has 0 saturated carbocycles. The third-order valence-electron chi connectivity index (χ3n) is 3.68. The summed E-state index contributed by atoms with van der Waals surface area (Å²) in [5.41, 5.74) is 1.44. The van der Waals surface area contributed by atoms with Crippen molar-refractivity contribution < 1.29 is 4.79 Å². The van der Waals surface area contributed by atoms with Gasteiger partial charge in [-0.05, 0) is 24.7 Å². The fourth-order valence-corrected chi connectivity index (χ4v) is 2.05. The van der Waals surface area contributed by atoms with Crippen LogP contribution in [0, 0.1) is 5.41 Å². The molecule has 0 heterocycles. The van der Waals surface area contributed by atoms with Crippen molar-refractivity contribution in [3.05, 3.63) is 12.2 Å². The van der Waals surface area contributed by atoms with Crippen LogP contribution in [-0.4, -0.2) is 6.29 Å². The van der Waals surface area contributed by atoms with Crippen molar-refractivity contribution in [2.75, 3.05) is 0 Å². The maximum atomic E-state index is 10.4. The molecule has 0 atom stereocenters. The Morgan fingerprint density at radius 1 is 1.12 bits per heavy atom. The largest absolute Gasteiger partial charge is 0.303 e. The second kappa shape index (κ2) is 9.44. The lowest BCUT2D eigenvalue weighted by Gasteiger charge is -2.26. The number of hydrogen-bond acceptors (Lipinski definition) is 1. The molecule has 1 nitrogen and oxygen atoms in total. The number of hydrogen-bond donors (Lipinski definition) is 0. The molecule has 0 unspecified atom stereocenters. The normalized spacial score (nSPS) is 11.5. The van der Waals surface area contributed by atoms with E-state index < -0.39 is 0 Å². The van der Waals surface area contributed by atoms with Gasteiger partial charge in [-0.3, -0.25) is 0 Å². The molecule has 0 aliphatic rings. The fraction of sp³-hybridized carbons (Fsp3) is 0.812. The Balaban J connectivity index is 3.66. The van der Waals surface area contributed by atoms with Gasteiger partial charge in [0, 0.05) is 6.42 Å². The van der Waals surface area contributed by atoms with Gasteiger partial charge < -0.3 is 4.79 Å². The van der Waals surface area contributed by atoms with E-state index >= 15 is 0 Å². The van der Waals surface area contributed by atoms with E-state index in [1.807, 2.05) is 0 Å². The van der Waals surface area contributed by atoms with E-state index in [0.717, 1.165) is 19.1 Å². The van der Waals surface area contributed by atoms with Gasteiger partial charge >= 0.3 is 0 Å². The minimum atomic E-state index is 0.129. The molecule has 0 radical (unpaired) electrons. The number of unbranched alkanes of at least 4 members (excludes halogenated alkanes) is 5. The highest BCUT2D eigenvalue weighted by molar-refractivity contribution is 5.49. The van der Waals surface area contributed by atoms with Crippen LogP contribution in [0.15, 0.2) is 12.2 Å². The van der Waals surface area contributed by atoms with Gasteiger partial charge in [0.25, 0.3) is 0 Å². The topological polar surface area (TPSA) is 17.1 Å². The van der Waals surface area contributed by atoms with Crippen molar-refractivity contribution in [3.8, 4) is 0 Å². The summed E-state index contributed by atoms with van der Waals surface area (Å²) in [6.07, 6.45) is 11.7. The molecule has 0 aliphatic heterocycles. The van der Waals surface area contributed by atoms with Crippen molar-refractivity contribution in [1.82, 2.24) is 0 Å². The van der Waals surface area contributed by atoms with Crippen LogP contribution in [-0.2, 0) is 4.79 Å². The first-order chi connectivity index (χ1) is 8.04. The van der Waals surface area contributed by atoms with Crippen LogP contribution >= 0.6 is 0 Å². The van der Waals surface area contributed by atoms with Crippen LogP contribution in [0.2, 0.25) is 0 Å². The number of rotatable bonds is 11. The Morgan fingerprint density at radius 2 is 1.71 bits per heavy atom. The monoisotopic (exact) mass is 238 g/mol. The highest BCUT2D eigenvalue weighted by Crippen LogP contribution is 2.33. The molecule has 0 spiro atoms. The molecule has 17 heavy (non-hydrogen) atoms. The van der Waals surface area contributed by atoms with E-state index in [9.17, 15) is 4.79 Å². The maximum absolute atomic E-state index is 10.4. The van der Waals surface area contributed by atoms with E-state index in [4.69, 9.17) is 0 Å². The first-order valence-electron chi connectivity index (χ1n) is 7.16. The highest BCUT2D eigenvalue weighted by atomic mass is 16.1. The third kappa shape index (κ3) is 8.18. The number of carbonyl (C=O) groups is 1. The summed E-state index contributed by atoms with van der Waals surface area (Å²) in [4.78, 5) is 10.4. The first-order valence-corrected chi connectivity index (χ1v) is 7.16. The Kier molecular flexibility index (Phi) is 9.11. The zero-order valence-electron chi connectivity index (χ0n) is 12.1. The van der Waals surface area contributed by atoms with E-state index in [0.29, 0.717) is 6.42 Å². The minimum Gasteiger partial charge on any atom is -0.303 e. The molecule has 0 fully saturated rings. The molecule has 0 N–H and O–H groups in total. The lowest BCUT2D eigenvalue weighted by Crippen LogP contribution is -2.14. The van der Waals surface area contributed by atoms with E-state index in [1.165, 1.54) is 44.1 Å². The summed E-state index contributed by atoms with van der Waals surface area (Å²) in [5, 5.41) is 0. The average molecular weight is 238 g/mol. The number of allylic oxidation sites excluding steroid dienone is 1. The fourth-order valence-electron chi connectivity index (χ4n) is 2.05. The van der Waals surface area contributed by atoms with Crippen LogP contribution in [0.25, 0.3) is 0 Å². The van der Waals surface area contributed by atoms with Gasteiger partial charge in [0.05, 0.1) is 0 Å². The standard InChI is InChI=1S/C16H30O/c1-5-6-7-8-9-10-12-15(2)16(3,4)13-11-14-17/h14H,2,5-13H2,1,3-4H3. The van der Waals surface area contributed by atoms with Crippen LogP contribution in [0.5, 0.6) is 0 Å². The van der Waals surface area contributed by atoms with Crippen molar-refractivity contribution in [2.24, 2.45) is 5.41 Å². The van der Waals surface area contributed by atoms with Gasteiger partial charge in [-0.1, -0.05) is 65.0 Å². The molecular formula is C16H30O. The Bertz CT molecular complexity index is 216. The molecule has 0 rings (SSSR count). The quantitative estimate of drug-likeness (QED) is 0.271. The van der Waals surface area contributed by atoms with Gasteiger partial charge in [-0.15, -0.1) is 0 Å². The van der Waals surface area contributed by atoms with Gasteiger partial charge in [0.15, 0.2) is 0 Å². The Morgan fingerprint density at radius 3 is 2.29 bits per heavy atom. The zero-order chi connectivity index (χ0) is 13.1. The van der Waals surface area contributed by atoms with E-state index in [2.05, 4.69) is 27.4 Å². The molecule has 0 aromatic heterocycles. The molecule has 0 aromatic carbocycles. The predicted molar refractivity (Wildman–Crippen MR) is 76.2 cm³/mol. The van der Waals surface area contributed by atoms with E-state index in [1.54, 1.807) is 0 Å². The molecule has 100 valence electrons. The first kappa shape index (κ1) is 16.4. The highest BCUT2D eigenvalue weighted by Gasteiger charge is 2.20. The van der Waals surface area contributed by atoms with Crippen LogP contribution in [0.4, 0.5) is 0 Å². The lowest BCUT2D eigenvalue weighted by atomic mass is 9.79. The second-order valence-corrected chi connectivity index (χ2v) is 5.71. The molecule has 0 bridgehead atoms. The summed E-state index contributed by atoms with van der Waals surface area (Å²) in [6.45, 7) is 10.9. The Hall–Kier alpha value is -0.590. The minimum absolute atomic E-state index is 0.129. The van der Waals surface area contributed by atoms with Crippen molar-refractivity contribution in [1.29, 1.82) is 0 Å². The second-order valence-electron chi connectivity index (χ2n) is 5.71. The number of carbonyl (C=O) groups excluding carboxylic acids is 1. The van der Waals surface area contributed by atoms with Crippen LogP contribution in [0.1, 0.15) is 78.6 Å². The third-order valence-corrected chi connectivity index (χ3v) is 3.68. The van der Waals surface area contributed by atoms with E-state index in [-0.39, 0.29) is 5.41 Å². The summed E-state index contributed by atoms with van der Waals surface area (Å²) in [6, 6.07) is 0. The summed E-state index contributed by atoms with van der Waals surface area (Å²) >= 11 is 0. The summed E-state index contributed by atoms with van der Waals surface area (Å²) in [7, 11) is 0. The molecule has 1 heteroatoms. The van der Waals surface area contributed by atoms with Crippen molar-refractivity contribution in [2.45, 2.75) is 78.6 Å². The van der Waals surface area contributed by atoms with Gasteiger partial charge in [-0.25, -0.2) is 0 Å². The zero-order valence-corrected chi connectivity index (χ0v) is 12.1. The SMILES string of the molecule is C=C(CCCCCCCC)C(C)(C)CCC=O. The maximum Gasteiger partial charge on any atom is 0.120 e. The summed E-state index contributed by atoms with van der Waals surface area (Å²) < 4.78 is 0. The molecular weight excluding hydrogens is 208 g/mol. The predicted octanol–water partition coefficient (Wildman–Crippen LogP) is 5.30. The molecule has 0 amide bonds. The summed E-state index contributed by atoms with van der Waals surface area (Å²) in [5.74, 6) is 0. The van der Waals surface area contributed by atoms with Gasteiger partial charge in [-0.2, -0.15) is 0 Å². The average Bonchev–Trinajstić information content (AvgIpc) is 2.30. The Labute approximate surface area is 108 Å². The van der Waals surface area contributed by atoms with Crippen molar-refractivity contribution >= 4 is 6.29 Å².